The summed E-state index contributed by atoms with van der Waals surface area (Å²) < 4.78 is 35.5. The topological polar surface area (TPSA) is 90.6 Å². The molecule has 176 valence electrons. The number of sulfonamides is 1. The second kappa shape index (κ2) is 11.7. The van der Waals surface area contributed by atoms with Crippen LogP contribution in [0.5, 0.6) is 11.5 Å². The second-order valence-electron chi connectivity index (χ2n) is 7.73. The molecule has 0 atom stereocenters. The van der Waals surface area contributed by atoms with E-state index in [1.54, 1.807) is 12.1 Å². The number of hydrogen-bond acceptors (Lipinski definition) is 5. The summed E-state index contributed by atoms with van der Waals surface area (Å²) in [4.78, 5) is 0.122. The molecule has 0 heterocycles. The first-order valence-electron chi connectivity index (χ1n) is 10.7. The number of rotatable bonds is 11. The van der Waals surface area contributed by atoms with Crippen molar-refractivity contribution >= 4 is 26.0 Å². The SMILES string of the molecule is CCOc1cc(CNCCc2ccc(S(N)(=O)=O)cc2)cc(Br)c1OCc1ccc(C)cc1. The Kier molecular flexibility index (Phi) is 8.91. The van der Waals surface area contributed by atoms with E-state index in [-0.39, 0.29) is 4.90 Å². The van der Waals surface area contributed by atoms with E-state index in [0.717, 1.165) is 34.1 Å². The van der Waals surface area contributed by atoms with Crippen molar-refractivity contribution < 1.29 is 17.9 Å². The molecule has 0 aliphatic heterocycles. The Morgan fingerprint density at radius 3 is 2.24 bits per heavy atom. The van der Waals surface area contributed by atoms with Crippen molar-refractivity contribution in [1.82, 2.24) is 5.32 Å². The average molecular weight is 533 g/mol. The Hall–Kier alpha value is -2.39. The lowest BCUT2D eigenvalue weighted by Gasteiger charge is -2.16. The van der Waals surface area contributed by atoms with Crippen molar-refractivity contribution in [1.29, 1.82) is 0 Å². The monoisotopic (exact) mass is 532 g/mol. The lowest BCUT2D eigenvalue weighted by atomic mass is 10.1. The molecule has 0 saturated heterocycles. The molecule has 6 nitrogen and oxygen atoms in total. The summed E-state index contributed by atoms with van der Waals surface area (Å²) >= 11 is 3.63. The summed E-state index contributed by atoms with van der Waals surface area (Å²) in [5.74, 6) is 1.39. The maximum Gasteiger partial charge on any atom is 0.238 e. The van der Waals surface area contributed by atoms with Gasteiger partial charge in [0, 0.05) is 6.54 Å². The molecule has 0 bridgehead atoms. The second-order valence-corrected chi connectivity index (χ2v) is 10.1. The lowest BCUT2D eigenvalue weighted by Crippen LogP contribution is -2.17. The molecule has 0 aliphatic carbocycles. The van der Waals surface area contributed by atoms with Gasteiger partial charge in [-0.2, -0.15) is 0 Å². The maximum atomic E-state index is 11.4. The van der Waals surface area contributed by atoms with Crippen LogP contribution in [0.1, 0.15) is 29.2 Å². The van der Waals surface area contributed by atoms with E-state index in [0.29, 0.717) is 31.3 Å². The molecule has 0 aromatic heterocycles. The zero-order valence-corrected chi connectivity index (χ0v) is 21.2. The van der Waals surface area contributed by atoms with E-state index in [4.69, 9.17) is 14.6 Å². The van der Waals surface area contributed by atoms with Gasteiger partial charge < -0.3 is 14.8 Å². The van der Waals surface area contributed by atoms with Gasteiger partial charge in [-0.05, 0) is 83.7 Å². The molecule has 3 aromatic rings. The minimum absolute atomic E-state index is 0.122. The van der Waals surface area contributed by atoms with E-state index in [1.807, 2.05) is 19.1 Å². The quantitative estimate of drug-likeness (QED) is 0.349. The van der Waals surface area contributed by atoms with Crippen LogP contribution < -0.4 is 19.9 Å². The molecular formula is C25H29BrN2O4S. The molecule has 3 rings (SSSR count). The highest BCUT2D eigenvalue weighted by atomic mass is 79.9. The van der Waals surface area contributed by atoms with E-state index < -0.39 is 10.0 Å². The summed E-state index contributed by atoms with van der Waals surface area (Å²) in [5, 5.41) is 8.55. The van der Waals surface area contributed by atoms with Gasteiger partial charge in [0.05, 0.1) is 16.0 Å². The third-order valence-electron chi connectivity index (χ3n) is 5.04. The van der Waals surface area contributed by atoms with Crippen molar-refractivity contribution in [3.8, 4) is 11.5 Å². The molecule has 0 radical (unpaired) electrons. The van der Waals surface area contributed by atoms with Crippen LogP contribution in [0.3, 0.4) is 0 Å². The molecule has 0 amide bonds. The number of nitrogens with one attached hydrogen (secondary N) is 1. The smallest absolute Gasteiger partial charge is 0.238 e. The van der Waals surface area contributed by atoms with Gasteiger partial charge in [0.25, 0.3) is 0 Å². The summed E-state index contributed by atoms with van der Waals surface area (Å²) in [6.07, 6.45) is 0.766. The van der Waals surface area contributed by atoms with Crippen LogP contribution in [0.25, 0.3) is 0 Å². The largest absolute Gasteiger partial charge is 0.490 e. The van der Waals surface area contributed by atoms with Crippen molar-refractivity contribution in [2.24, 2.45) is 5.14 Å². The molecule has 3 aromatic carbocycles. The predicted octanol–water partition coefficient (Wildman–Crippen LogP) is 4.71. The highest BCUT2D eigenvalue weighted by Crippen LogP contribution is 2.37. The number of halogens is 1. The lowest BCUT2D eigenvalue weighted by molar-refractivity contribution is 0.267. The Morgan fingerprint density at radius 1 is 0.939 bits per heavy atom. The van der Waals surface area contributed by atoms with Crippen molar-refractivity contribution in [3.05, 3.63) is 87.4 Å². The average Bonchev–Trinajstić information content (AvgIpc) is 2.77. The van der Waals surface area contributed by atoms with Crippen LogP contribution in [0.4, 0.5) is 0 Å². The number of nitrogens with two attached hydrogens (primary N) is 1. The number of hydrogen-bond donors (Lipinski definition) is 2. The standard InChI is InChI=1S/C25H29BrN2O4S/c1-3-31-24-15-21(14-23(26)25(24)32-17-20-6-4-18(2)5-7-20)16-28-13-12-19-8-10-22(11-9-19)33(27,29)30/h4-11,14-15,28H,3,12-13,16-17H2,1-2H3,(H2,27,29,30). The molecule has 0 aliphatic rings. The molecular weight excluding hydrogens is 504 g/mol. The molecule has 0 unspecified atom stereocenters. The Balaban J connectivity index is 1.58. The number of ether oxygens (including phenoxy) is 2. The fraction of sp³-hybridized carbons (Fsp3) is 0.280. The summed E-state index contributed by atoms with van der Waals surface area (Å²) in [5.41, 5.74) is 4.41. The molecule has 8 heteroatoms. The van der Waals surface area contributed by atoms with Crippen LogP contribution in [-0.4, -0.2) is 21.6 Å². The third-order valence-corrected chi connectivity index (χ3v) is 6.56. The van der Waals surface area contributed by atoms with Gasteiger partial charge in [0.1, 0.15) is 6.61 Å². The minimum atomic E-state index is -3.66. The van der Waals surface area contributed by atoms with Gasteiger partial charge in [0.2, 0.25) is 10.0 Å². The zero-order chi connectivity index (χ0) is 23.8. The highest BCUT2D eigenvalue weighted by Gasteiger charge is 2.13. The third kappa shape index (κ3) is 7.57. The van der Waals surface area contributed by atoms with Crippen LogP contribution in [0, 0.1) is 6.92 Å². The minimum Gasteiger partial charge on any atom is -0.490 e. The molecule has 0 fully saturated rings. The Morgan fingerprint density at radius 2 is 1.61 bits per heavy atom. The van der Waals surface area contributed by atoms with Gasteiger partial charge >= 0.3 is 0 Å². The van der Waals surface area contributed by atoms with E-state index in [2.05, 4.69) is 52.4 Å². The zero-order valence-electron chi connectivity index (χ0n) is 18.8. The van der Waals surface area contributed by atoms with Gasteiger partial charge in [-0.15, -0.1) is 0 Å². The fourth-order valence-corrected chi connectivity index (χ4v) is 4.40. The van der Waals surface area contributed by atoms with Crippen LogP contribution in [0.2, 0.25) is 0 Å². The number of primary sulfonamides is 1. The Labute approximate surface area is 204 Å². The summed E-state index contributed by atoms with van der Waals surface area (Å²) in [7, 11) is -3.66. The van der Waals surface area contributed by atoms with Gasteiger partial charge in [-0.25, -0.2) is 13.6 Å². The summed E-state index contributed by atoms with van der Waals surface area (Å²) in [6, 6.07) is 18.9. The van der Waals surface area contributed by atoms with E-state index in [1.165, 1.54) is 17.7 Å². The first-order chi connectivity index (χ1) is 15.8. The molecule has 33 heavy (non-hydrogen) atoms. The molecule has 0 saturated carbocycles. The number of aryl methyl sites for hydroxylation is 1. The van der Waals surface area contributed by atoms with Crippen LogP contribution >= 0.6 is 15.9 Å². The van der Waals surface area contributed by atoms with Gasteiger partial charge in [-0.1, -0.05) is 42.0 Å². The van der Waals surface area contributed by atoms with Crippen LogP contribution in [0.15, 0.2) is 70.0 Å². The first kappa shape index (κ1) is 25.2. The Bertz CT molecular complexity index is 1160. The maximum absolute atomic E-state index is 11.4. The first-order valence-corrected chi connectivity index (χ1v) is 13.1. The predicted molar refractivity (Wildman–Crippen MR) is 134 cm³/mol. The van der Waals surface area contributed by atoms with E-state index >= 15 is 0 Å². The van der Waals surface area contributed by atoms with Gasteiger partial charge in [-0.3, -0.25) is 0 Å². The van der Waals surface area contributed by atoms with Gasteiger partial charge in [0.15, 0.2) is 11.5 Å². The summed E-state index contributed by atoms with van der Waals surface area (Å²) in [6.45, 7) is 6.41. The van der Waals surface area contributed by atoms with Crippen molar-refractivity contribution in [3.63, 3.8) is 0 Å². The highest BCUT2D eigenvalue weighted by molar-refractivity contribution is 9.10. The fourth-order valence-electron chi connectivity index (χ4n) is 3.28. The van der Waals surface area contributed by atoms with Crippen LogP contribution in [-0.2, 0) is 29.6 Å². The molecule has 3 N–H and O–H groups in total. The number of benzene rings is 3. The van der Waals surface area contributed by atoms with Crippen molar-refractivity contribution in [2.75, 3.05) is 13.2 Å². The van der Waals surface area contributed by atoms with E-state index in [9.17, 15) is 8.42 Å². The normalized spacial score (nSPS) is 11.4. The molecule has 0 spiro atoms. The van der Waals surface area contributed by atoms with Crippen molar-refractivity contribution in [2.45, 2.75) is 38.3 Å².